The third kappa shape index (κ3) is 8.56. The maximum atomic E-state index is 14.3. The molecule has 1 heterocycles. The average molecular weight is 622 g/mol. The SMILES string of the molecule is C=C(CC)c1cc(C(=O)N2CCc3c(cccc3OCCOCCOC)C2)c(OCc2ccccc2)cc1OCc1ccccc1. The molecule has 0 aliphatic carbocycles. The third-order valence-electron chi connectivity index (χ3n) is 8.02. The number of amides is 1. The Morgan fingerprint density at radius 2 is 1.39 bits per heavy atom. The van der Waals surface area contributed by atoms with Crippen LogP contribution in [0.1, 0.15) is 51.5 Å². The molecule has 5 rings (SSSR count). The second-order valence-electron chi connectivity index (χ2n) is 11.2. The fourth-order valence-corrected chi connectivity index (χ4v) is 5.41. The number of rotatable bonds is 16. The van der Waals surface area contributed by atoms with Crippen LogP contribution in [0.3, 0.4) is 0 Å². The van der Waals surface area contributed by atoms with Crippen LogP contribution in [0, 0.1) is 0 Å². The summed E-state index contributed by atoms with van der Waals surface area (Å²) in [5.41, 5.74) is 6.48. The predicted molar refractivity (Wildman–Crippen MR) is 180 cm³/mol. The van der Waals surface area contributed by atoms with Gasteiger partial charge in [0, 0.05) is 37.4 Å². The van der Waals surface area contributed by atoms with Crippen LogP contribution in [0.5, 0.6) is 17.2 Å². The van der Waals surface area contributed by atoms with E-state index in [0.717, 1.165) is 45.6 Å². The molecular formula is C39H43NO6. The molecule has 46 heavy (non-hydrogen) atoms. The monoisotopic (exact) mass is 621 g/mol. The number of allylic oxidation sites excluding steroid dienone is 1. The summed E-state index contributed by atoms with van der Waals surface area (Å²) in [5, 5.41) is 0. The first-order valence-electron chi connectivity index (χ1n) is 15.9. The number of carbonyl (C=O) groups is 1. The van der Waals surface area contributed by atoms with Crippen LogP contribution >= 0.6 is 0 Å². The molecule has 4 aromatic rings. The van der Waals surface area contributed by atoms with Crippen molar-refractivity contribution in [3.8, 4) is 17.2 Å². The highest BCUT2D eigenvalue weighted by atomic mass is 16.5. The molecule has 0 N–H and O–H groups in total. The molecule has 0 saturated heterocycles. The first-order valence-corrected chi connectivity index (χ1v) is 15.9. The largest absolute Gasteiger partial charge is 0.491 e. The van der Waals surface area contributed by atoms with E-state index in [9.17, 15) is 4.79 Å². The van der Waals surface area contributed by atoms with Gasteiger partial charge in [0.1, 0.15) is 37.1 Å². The Hall–Kier alpha value is -4.59. The number of nitrogens with zero attached hydrogens (tertiary/aromatic N) is 1. The van der Waals surface area contributed by atoms with Crippen molar-refractivity contribution in [2.45, 2.75) is 39.5 Å². The summed E-state index contributed by atoms with van der Waals surface area (Å²) >= 11 is 0. The van der Waals surface area contributed by atoms with Crippen LogP contribution in [0.4, 0.5) is 0 Å². The molecule has 0 unspecified atom stereocenters. The lowest BCUT2D eigenvalue weighted by molar-refractivity contribution is 0.0541. The van der Waals surface area contributed by atoms with E-state index in [-0.39, 0.29) is 5.91 Å². The van der Waals surface area contributed by atoms with E-state index in [2.05, 4.69) is 19.6 Å². The Labute approximate surface area is 272 Å². The summed E-state index contributed by atoms with van der Waals surface area (Å²) in [7, 11) is 1.65. The summed E-state index contributed by atoms with van der Waals surface area (Å²) in [6, 6.07) is 29.7. The minimum Gasteiger partial charge on any atom is -0.491 e. The molecular weight excluding hydrogens is 578 g/mol. The standard InChI is InChI=1S/C39H43NO6/c1-4-29(2)34-24-35(38(46-28-31-14-9-6-10-15-31)25-37(34)45-27-30-12-7-5-8-13-30)39(41)40-19-18-33-32(26-40)16-11-17-36(33)44-23-22-43-21-20-42-3/h5-17,24-25H,2,4,18-23,26-28H2,1,3H3. The number of benzene rings is 4. The van der Waals surface area contributed by atoms with Crippen LogP contribution in [0.2, 0.25) is 0 Å². The molecule has 1 aliphatic heterocycles. The van der Waals surface area contributed by atoms with Crippen molar-refractivity contribution >= 4 is 11.5 Å². The lowest BCUT2D eigenvalue weighted by Gasteiger charge is -2.31. The quantitative estimate of drug-likeness (QED) is 0.121. The van der Waals surface area contributed by atoms with Gasteiger partial charge in [0.2, 0.25) is 0 Å². The van der Waals surface area contributed by atoms with Gasteiger partial charge in [-0.3, -0.25) is 4.79 Å². The van der Waals surface area contributed by atoms with Crippen molar-refractivity contribution in [3.63, 3.8) is 0 Å². The number of fused-ring (bicyclic) bond motifs is 1. The van der Waals surface area contributed by atoms with Crippen molar-refractivity contribution in [1.82, 2.24) is 4.90 Å². The molecule has 0 saturated carbocycles. The smallest absolute Gasteiger partial charge is 0.257 e. The summed E-state index contributed by atoms with van der Waals surface area (Å²) < 4.78 is 29.4. The lowest BCUT2D eigenvalue weighted by Crippen LogP contribution is -2.36. The van der Waals surface area contributed by atoms with Gasteiger partial charge < -0.3 is 28.6 Å². The fourth-order valence-electron chi connectivity index (χ4n) is 5.41. The zero-order valence-corrected chi connectivity index (χ0v) is 26.8. The Morgan fingerprint density at radius 1 is 0.739 bits per heavy atom. The van der Waals surface area contributed by atoms with E-state index in [1.807, 2.05) is 89.8 Å². The molecule has 7 heteroatoms. The first-order chi connectivity index (χ1) is 22.6. The summed E-state index contributed by atoms with van der Waals surface area (Å²) in [6.45, 7) is 10.1. The summed E-state index contributed by atoms with van der Waals surface area (Å²) in [5.74, 6) is 1.88. The summed E-state index contributed by atoms with van der Waals surface area (Å²) in [6.07, 6.45) is 1.41. The van der Waals surface area contributed by atoms with Crippen LogP contribution < -0.4 is 14.2 Å². The van der Waals surface area contributed by atoms with Crippen molar-refractivity contribution < 1.29 is 28.5 Å². The van der Waals surface area contributed by atoms with Crippen molar-refractivity contribution in [2.75, 3.05) is 40.1 Å². The normalized spacial score (nSPS) is 12.3. The molecule has 0 aromatic heterocycles. The maximum Gasteiger partial charge on any atom is 0.257 e. The lowest BCUT2D eigenvalue weighted by atomic mass is 9.96. The van der Waals surface area contributed by atoms with E-state index in [1.54, 1.807) is 7.11 Å². The molecule has 0 fully saturated rings. The van der Waals surface area contributed by atoms with Crippen molar-refractivity contribution in [1.29, 1.82) is 0 Å². The molecule has 0 bridgehead atoms. The summed E-state index contributed by atoms with van der Waals surface area (Å²) in [4.78, 5) is 16.2. The fraction of sp³-hybridized carbons (Fsp3) is 0.308. The maximum absolute atomic E-state index is 14.3. The van der Waals surface area contributed by atoms with Gasteiger partial charge in [-0.25, -0.2) is 0 Å². The van der Waals surface area contributed by atoms with Crippen LogP contribution in [-0.4, -0.2) is 50.9 Å². The molecule has 1 aliphatic rings. The Balaban J connectivity index is 1.39. The van der Waals surface area contributed by atoms with Crippen LogP contribution in [0.25, 0.3) is 5.57 Å². The van der Waals surface area contributed by atoms with Gasteiger partial charge in [-0.1, -0.05) is 86.3 Å². The first kappa shape index (κ1) is 32.8. The Bertz CT molecular complexity index is 1590. The van der Waals surface area contributed by atoms with Crippen LogP contribution in [-0.2, 0) is 35.7 Å². The molecule has 1 amide bonds. The molecule has 240 valence electrons. The van der Waals surface area contributed by atoms with Gasteiger partial charge in [-0.2, -0.15) is 0 Å². The molecule has 4 aromatic carbocycles. The van der Waals surface area contributed by atoms with Crippen molar-refractivity contribution in [3.05, 3.63) is 131 Å². The molecule has 0 radical (unpaired) electrons. The molecule has 0 atom stereocenters. The van der Waals surface area contributed by atoms with Crippen LogP contribution in [0.15, 0.2) is 97.6 Å². The minimum atomic E-state index is -0.0914. The molecule has 0 spiro atoms. The second kappa shape index (κ2) is 16.6. The second-order valence-corrected chi connectivity index (χ2v) is 11.2. The van der Waals surface area contributed by atoms with E-state index < -0.39 is 0 Å². The number of hydrogen-bond donors (Lipinski definition) is 0. The van der Waals surface area contributed by atoms with Gasteiger partial charge in [0.15, 0.2) is 0 Å². The number of hydrogen-bond acceptors (Lipinski definition) is 6. The van der Waals surface area contributed by atoms with Gasteiger partial charge in [-0.15, -0.1) is 0 Å². The highest BCUT2D eigenvalue weighted by Crippen LogP contribution is 2.37. The van der Waals surface area contributed by atoms with Crippen molar-refractivity contribution in [2.24, 2.45) is 0 Å². The van der Waals surface area contributed by atoms with Gasteiger partial charge in [0.05, 0.1) is 25.4 Å². The third-order valence-corrected chi connectivity index (χ3v) is 8.02. The van der Waals surface area contributed by atoms with Gasteiger partial charge in [0.25, 0.3) is 5.91 Å². The zero-order chi connectivity index (χ0) is 32.1. The Kier molecular flexibility index (Phi) is 11.9. The van der Waals surface area contributed by atoms with E-state index in [4.69, 9.17) is 23.7 Å². The number of ether oxygens (including phenoxy) is 5. The number of carbonyl (C=O) groups excluding carboxylic acids is 1. The average Bonchev–Trinajstić information content (AvgIpc) is 3.11. The van der Waals surface area contributed by atoms with E-state index >= 15 is 0 Å². The Morgan fingerprint density at radius 3 is 2.04 bits per heavy atom. The molecule has 7 nitrogen and oxygen atoms in total. The van der Waals surface area contributed by atoms with Gasteiger partial charge >= 0.3 is 0 Å². The van der Waals surface area contributed by atoms with Gasteiger partial charge in [-0.05, 0) is 47.2 Å². The topological polar surface area (TPSA) is 66.5 Å². The minimum absolute atomic E-state index is 0.0914. The van der Waals surface area contributed by atoms with E-state index in [0.29, 0.717) is 76.2 Å². The highest BCUT2D eigenvalue weighted by Gasteiger charge is 2.28. The predicted octanol–water partition coefficient (Wildman–Crippen LogP) is 7.51. The highest BCUT2D eigenvalue weighted by molar-refractivity contribution is 5.98. The zero-order valence-electron chi connectivity index (χ0n) is 26.8. The van der Waals surface area contributed by atoms with E-state index in [1.165, 1.54) is 0 Å². The number of methoxy groups -OCH3 is 1.